The molecule has 4 nitrogen and oxygen atoms in total. The van der Waals surface area contributed by atoms with E-state index in [2.05, 4.69) is 12.1 Å². The fourth-order valence-corrected chi connectivity index (χ4v) is 4.06. The van der Waals surface area contributed by atoms with Crippen LogP contribution in [0.3, 0.4) is 0 Å². The number of hydrogen-bond acceptors (Lipinski definition) is 3. The second-order valence-corrected chi connectivity index (χ2v) is 7.48. The number of aryl methyl sites for hydroxylation is 1. The number of fused-ring (bicyclic) bond motifs is 2. The van der Waals surface area contributed by atoms with E-state index in [-0.39, 0.29) is 17.9 Å². The maximum Gasteiger partial charge on any atom is 0.261 e. The summed E-state index contributed by atoms with van der Waals surface area (Å²) < 4.78 is 6.23. The first-order valence-electron chi connectivity index (χ1n) is 9.88. The Bertz CT molecular complexity index is 839. The van der Waals surface area contributed by atoms with Gasteiger partial charge in [-0.15, -0.1) is 0 Å². The fourth-order valence-electron chi connectivity index (χ4n) is 4.06. The van der Waals surface area contributed by atoms with Crippen LogP contribution < -0.4 is 4.74 Å². The van der Waals surface area contributed by atoms with Crippen molar-refractivity contribution >= 4 is 11.8 Å². The Morgan fingerprint density at radius 3 is 2.37 bits per heavy atom. The Labute approximate surface area is 160 Å². The number of rotatable bonds is 5. The molecule has 0 saturated heterocycles. The van der Waals surface area contributed by atoms with Crippen LogP contribution in [0.4, 0.5) is 0 Å². The minimum absolute atomic E-state index is 0.0657. The molecule has 140 valence electrons. The van der Waals surface area contributed by atoms with Gasteiger partial charge in [0.1, 0.15) is 5.75 Å². The summed E-state index contributed by atoms with van der Waals surface area (Å²) in [6, 6.07) is 13.3. The standard InChI is InChI=1S/C23H25NO3/c1-16(27-21-13-7-9-17-8-3-2-4-10-18(17)21)14-15-24-22(25)19-11-5-6-12-20(19)23(24)26/h5-7,9,11-13,16H,2-4,8,10,14-15H2,1H3. The zero-order valence-corrected chi connectivity index (χ0v) is 15.7. The summed E-state index contributed by atoms with van der Waals surface area (Å²) in [4.78, 5) is 26.3. The molecule has 4 heteroatoms. The highest BCUT2D eigenvalue weighted by atomic mass is 16.5. The van der Waals surface area contributed by atoms with Crippen LogP contribution in [0.25, 0.3) is 0 Å². The number of amides is 2. The summed E-state index contributed by atoms with van der Waals surface area (Å²) in [7, 11) is 0. The molecule has 0 fully saturated rings. The molecule has 4 rings (SSSR count). The molecule has 2 aliphatic rings. The molecular formula is C23H25NO3. The highest BCUT2D eigenvalue weighted by Gasteiger charge is 2.34. The van der Waals surface area contributed by atoms with Crippen LogP contribution in [-0.4, -0.2) is 29.4 Å². The van der Waals surface area contributed by atoms with Crippen molar-refractivity contribution in [1.29, 1.82) is 0 Å². The van der Waals surface area contributed by atoms with Gasteiger partial charge in [-0.05, 0) is 61.9 Å². The smallest absolute Gasteiger partial charge is 0.261 e. The van der Waals surface area contributed by atoms with Gasteiger partial charge in [-0.1, -0.05) is 30.7 Å². The van der Waals surface area contributed by atoms with Crippen LogP contribution in [0.1, 0.15) is 64.4 Å². The lowest BCUT2D eigenvalue weighted by atomic mass is 10.0. The number of carbonyl (C=O) groups excluding carboxylic acids is 2. The molecule has 2 aromatic carbocycles. The quantitative estimate of drug-likeness (QED) is 0.584. The van der Waals surface area contributed by atoms with Crippen molar-refractivity contribution < 1.29 is 14.3 Å². The number of ether oxygens (including phenoxy) is 1. The summed E-state index contributed by atoms with van der Waals surface area (Å²) in [6.07, 6.45) is 6.46. The summed E-state index contributed by atoms with van der Waals surface area (Å²) in [5.41, 5.74) is 3.74. The van der Waals surface area contributed by atoms with E-state index < -0.39 is 0 Å². The number of nitrogens with zero attached hydrogens (tertiary/aromatic N) is 1. The molecule has 1 atom stereocenters. The second-order valence-electron chi connectivity index (χ2n) is 7.48. The number of imide groups is 1. The van der Waals surface area contributed by atoms with E-state index in [4.69, 9.17) is 4.74 Å². The maximum absolute atomic E-state index is 12.5. The fraction of sp³-hybridized carbons (Fsp3) is 0.391. The Kier molecular flexibility index (Phi) is 4.97. The van der Waals surface area contributed by atoms with Crippen LogP contribution in [0, 0.1) is 0 Å². The third kappa shape index (κ3) is 3.48. The van der Waals surface area contributed by atoms with Gasteiger partial charge in [-0.25, -0.2) is 0 Å². The lowest BCUT2D eigenvalue weighted by Gasteiger charge is -2.21. The van der Waals surface area contributed by atoms with Crippen LogP contribution in [0.2, 0.25) is 0 Å². The van der Waals surface area contributed by atoms with Crippen molar-refractivity contribution in [2.75, 3.05) is 6.54 Å². The molecule has 2 aromatic rings. The van der Waals surface area contributed by atoms with E-state index in [1.165, 1.54) is 35.3 Å². The summed E-state index contributed by atoms with van der Waals surface area (Å²) in [5, 5.41) is 0. The van der Waals surface area contributed by atoms with Gasteiger partial charge in [0.2, 0.25) is 0 Å². The van der Waals surface area contributed by atoms with Crippen molar-refractivity contribution in [3.05, 3.63) is 64.7 Å². The monoisotopic (exact) mass is 363 g/mol. The zero-order valence-electron chi connectivity index (χ0n) is 15.7. The minimum Gasteiger partial charge on any atom is -0.490 e. The molecule has 2 amide bonds. The molecule has 1 aliphatic heterocycles. The van der Waals surface area contributed by atoms with Gasteiger partial charge in [0, 0.05) is 13.0 Å². The van der Waals surface area contributed by atoms with Gasteiger partial charge in [0.05, 0.1) is 17.2 Å². The summed E-state index contributed by atoms with van der Waals surface area (Å²) in [5.74, 6) is 0.567. The third-order valence-corrected chi connectivity index (χ3v) is 5.57. The van der Waals surface area contributed by atoms with Gasteiger partial charge in [-0.3, -0.25) is 14.5 Å². The molecule has 1 heterocycles. The highest BCUT2D eigenvalue weighted by Crippen LogP contribution is 2.30. The normalized spacial score (nSPS) is 17.3. The van der Waals surface area contributed by atoms with Crippen molar-refractivity contribution in [2.45, 2.75) is 51.6 Å². The average Bonchev–Trinajstić information content (AvgIpc) is 2.84. The molecule has 1 aliphatic carbocycles. The van der Waals surface area contributed by atoms with Crippen molar-refractivity contribution in [2.24, 2.45) is 0 Å². The first-order valence-corrected chi connectivity index (χ1v) is 9.88. The molecule has 0 radical (unpaired) electrons. The zero-order chi connectivity index (χ0) is 18.8. The number of benzene rings is 2. The molecule has 27 heavy (non-hydrogen) atoms. The molecule has 1 unspecified atom stereocenters. The van der Waals surface area contributed by atoms with Crippen molar-refractivity contribution in [3.8, 4) is 5.75 Å². The predicted octanol–water partition coefficient (Wildman–Crippen LogP) is 4.41. The average molecular weight is 363 g/mol. The van der Waals surface area contributed by atoms with Crippen LogP contribution in [0.15, 0.2) is 42.5 Å². The largest absolute Gasteiger partial charge is 0.490 e. The molecule has 0 bridgehead atoms. The van der Waals surface area contributed by atoms with Crippen LogP contribution in [0.5, 0.6) is 5.75 Å². The van der Waals surface area contributed by atoms with Gasteiger partial charge in [0.25, 0.3) is 11.8 Å². The maximum atomic E-state index is 12.5. The third-order valence-electron chi connectivity index (χ3n) is 5.57. The molecular weight excluding hydrogens is 338 g/mol. The van der Waals surface area contributed by atoms with E-state index in [1.54, 1.807) is 24.3 Å². The topological polar surface area (TPSA) is 46.6 Å². The molecule has 0 spiro atoms. The van der Waals surface area contributed by atoms with Gasteiger partial charge in [0.15, 0.2) is 0 Å². The molecule has 0 aromatic heterocycles. The SMILES string of the molecule is CC(CCN1C(=O)c2ccccc2C1=O)Oc1cccc2c1CCCCC2. The van der Waals surface area contributed by atoms with E-state index in [9.17, 15) is 9.59 Å². The lowest BCUT2D eigenvalue weighted by molar-refractivity contribution is 0.0634. The predicted molar refractivity (Wildman–Crippen MR) is 104 cm³/mol. The van der Waals surface area contributed by atoms with E-state index >= 15 is 0 Å². The molecule has 0 N–H and O–H groups in total. The lowest BCUT2D eigenvalue weighted by Crippen LogP contribution is -2.33. The van der Waals surface area contributed by atoms with E-state index in [1.807, 2.05) is 13.0 Å². The Morgan fingerprint density at radius 2 is 1.63 bits per heavy atom. The second kappa shape index (κ2) is 7.55. The first kappa shape index (κ1) is 17.8. The van der Waals surface area contributed by atoms with Gasteiger partial charge in [-0.2, -0.15) is 0 Å². The minimum atomic E-state index is -0.198. The highest BCUT2D eigenvalue weighted by molar-refractivity contribution is 6.21. The van der Waals surface area contributed by atoms with Crippen LogP contribution >= 0.6 is 0 Å². The van der Waals surface area contributed by atoms with Gasteiger partial charge < -0.3 is 4.74 Å². The number of hydrogen-bond donors (Lipinski definition) is 0. The van der Waals surface area contributed by atoms with Crippen molar-refractivity contribution in [1.82, 2.24) is 4.90 Å². The Morgan fingerprint density at radius 1 is 0.926 bits per heavy atom. The Hall–Kier alpha value is -2.62. The van der Waals surface area contributed by atoms with Crippen LogP contribution in [-0.2, 0) is 12.8 Å². The summed E-state index contributed by atoms with van der Waals surface area (Å²) in [6.45, 7) is 2.39. The van der Waals surface area contributed by atoms with E-state index in [0.29, 0.717) is 24.1 Å². The van der Waals surface area contributed by atoms with Gasteiger partial charge >= 0.3 is 0 Å². The molecule has 0 saturated carbocycles. The van der Waals surface area contributed by atoms with Crippen molar-refractivity contribution in [3.63, 3.8) is 0 Å². The first-order chi connectivity index (χ1) is 13.1. The summed E-state index contributed by atoms with van der Waals surface area (Å²) >= 11 is 0. The number of carbonyl (C=O) groups is 2. The van der Waals surface area contributed by atoms with E-state index in [0.717, 1.165) is 18.6 Å². The Balaban J connectivity index is 1.41.